The van der Waals surface area contributed by atoms with Gasteiger partial charge in [-0.25, -0.2) is 4.98 Å². The van der Waals surface area contributed by atoms with E-state index in [0.717, 1.165) is 48.7 Å². The lowest BCUT2D eigenvalue weighted by atomic mass is 9.91. The van der Waals surface area contributed by atoms with Gasteiger partial charge in [0.05, 0.1) is 24.0 Å². The van der Waals surface area contributed by atoms with Gasteiger partial charge in [-0.2, -0.15) is 18.4 Å². The topological polar surface area (TPSA) is 163 Å². The van der Waals surface area contributed by atoms with Crippen molar-refractivity contribution in [1.29, 1.82) is 5.26 Å². The summed E-state index contributed by atoms with van der Waals surface area (Å²) in [5.74, 6) is -0.641. The number of nitrogens with zero attached hydrogens (tertiary/aromatic N) is 6. The lowest BCUT2D eigenvalue weighted by molar-refractivity contribution is -0.138. The predicted molar refractivity (Wildman–Crippen MR) is 217 cm³/mol. The molecule has 8 rings (SSSR count). The van der Waals surface area contributed by atoms with Gasteiger partial charge in [0.1, 0.15) is 30.0 Å². The van der Waals surface area contributed by atoms with E-state index in [1.165, 1.54) is 6.07 Å². The monoisotopic (exact) mass is 831 g/mol. The van der Waals surface area contributed by atoms with Crippen molar-refractivity contribution in [3.05, 3.63) is 71.5 Å². The number of pyridine rings is 1. The Balaban J connectivity index is 0.932. The molecule has 2 bridgehead atoms. The van der Waals surface area contributed by atoms with Gasteiger partial charge in [-0.1, -0.05) is 13.0 Å². The molecule has 5 aliphatic heterocycles. The number of hydrogen-bond donors (Lipinski definition) is 3. The summed E-state index contributed by atoms with van der Waals surface area (Å²) in [4.78, 5) is 61.4. The van der Waals surface area contributed by atoms with Gasteiger partial charge in [-0.3, -0.25) is 39.2 Å². The molecular weight excluding hydrogens is 788 g/mol. The van der Waals surface area contributed by atoms with E-state index in [1.54, 1.807) is 43.0 Å². The number of aryl methyl sites for hydroxylation is 1. The molecule has 2 unspecified atom stereocenters. The van der Waals surface area contributed by atoms with Crippen LogP contribution in [0.5, 0.6) is 5.75 Å². The summed E-state index contributed by atoms with van der Waals surface area (Å²) in [7, 11) is 0. The van der Waals surface area contributed by atoms with E-state index in [9.17, 15) is 37.6 Å². The smallest absolute Gasteiger partial charge is 0.419 e. The number of amides is 4. The minimum absolute atomic E-state index is 0.0180. The van der Waals surface area contributed by atoms with Crippen molar-refractivity contribution in [2.45, 2.75) is 82.7 Å². The average Bonchev–Trinajstić information content (AvgIpc) is 3.37. The van der Waals surface area contributed by atoms with E-state index in [0.29, 0.717) is 48.8 Å². The van der Waals surface area contributed by atoms with Gasteiger partial charge < -0.3 is 20.3 Å². The van der Waals surface area contributed by atoms with Gasteiger partial charge in [0.25, 0.3) is 5.91 Å². The van der Waals surface area contributed by atoms with Crippen LogP contribution in [0.25, 0.3) is 0 Å². The maximum Gasteiger partial charge on any atom is 0.419 e. The number of halogens is 3. The summed E-state index contributed by atoms with van der Waals surface area (Å²) in [6.07, 6.45) is -0.543. The van der Waals surface area contributed by atoms with Crippen LogP contribution >= 0.6 is 12.2 Å². The first-order valence-electron chi connectivity index (χ1n) is 19.5. The van der Waals surface area contributed by atoms with Gasteiger partial charge >= 0.3 is 6.18 Å². The molecule has 18 heteroatoms. The fraction of sp³-hybridized carbons (Fsp3) is 0.439. The number of piperazine rings is 1. The minimum atomic E-state index is -4.86. The highest BCUT2D eigenvalue weighted by Crippen LogP contribution is 2.40. The third-order valence-electron chi connectivity index (χ3n) is 11.4. The standard InChI is InChI=1S/C41H44F3N9O5S/c1-4-24-16-27(53-39(59)52(38(57)40(53,2)3)30-18-31(41(42,43)44)33(19-45)46-20-30)10-12-34(24)58-15-14-50-21-29-9-8-28(50)22-51(29)23-36(55)48-26-7-5-6-25(17-26)47-32-11-13-35(54)49-37(32)56/h5-7,10,12,16-18,20,28-29,32,47H,4,8-9,11,13-15,21-23H2,1-3H3,(H,48,55)(H,49,54,56)/t28?,29-,32?/m1/s1. The molecule has 2 aromatic carbocycles. The van der Waals surface area contributed by atoms with Gasteiger partial charge in [0, 0.05) is 55.2 Å². The number of piperidine rings is 3. The number of ether oxygens (including phenoxy) is 1. The number of benzene rings is 2. The Labute approximate surface area is 344 Å². The number of carbonyl (C=O) groups excluding carboxylic acids is 4. The largest absolute Gasteiger partial charge is 0.492 e. The van der Waals surface area contributed by atoms with Crippen molar-refractivity contribution < 1.29 is 37.1 Å². The van der Waals surface area contributed by atoms with Crippen LogP contribution < -0.4 is 30.5 Å². The third kappa shape index (κ3) is 8.59. The van der Waals surface area contributed by atoms with Crippen molar-refractivity contribution in [3.63, 3.8) is 0 Å². The number of aromatic nitrogens is 1. The molecule has 14 nitrogen and oxygen atoms in total. The molecule has 0 saturated carbocycles. The SMILES string of the molecule is CCc1cc(N2C(=S)N(c3cnc(C#N)c(C(F)(F)F)c3)C(=O)C2(C)C)ccc1OCCN1C[C@H]2CCC1CN2CC(=O)Nc1cccc(NC2CCC(=O)NC2=O)c1. The maximum atomic E-state index is 13.8. The average molecular weight is 832 g/mol. The number of rotatable bonds is 12. The number of imide groups is 1. The number of alkyl halides is 3. The first-order chi connectivity index (χ1) is 28.1. The fourth-order valence-electron chi connectivity index (χ4n) is 8.31. The van der Waals surface area contributed by atoms with E-state index >= 15 is 0 Å². The summed E-state index contributed by atoms with van der Waals surface area (Å²) in [5, 5.41) is 17.6. The van der Waals surface area contributed by atoms with E-state index < -0.39 is 34.9 Å². The molecule has 0 spiro atoms. The summed E-state index contributed by atoms with van der Waals surface area (Å²) in [5.41, 5.74) is -0.757. The van der Waals surface area contributed by atoms with Gasteiger partial charge in [0.15, 0.2) is 10.8 Å². The van der Waals surface area contributed by atoms with Crippen molar-refractivity contribution in [2.24, 2.45) is 0 Å². The van der Waals surface area contributed by atoms with Crippen molar-refractivity contribution in [1.82, 2.24) is 20.1 Å². The van der Waals surface area contributed by atoms with Crippen LogP contribution in [0.2, 0.25) is 0 Å². The van der Waals surface area contributed by atoms with E-state index in [4.69, 9.17) is 17.0 Å². The Bertz CT molecular complexity index is 2230. The molecule has 3 aromatic rings. The summed E-state index contributed by atoms with van der Waals surface area (Å²) in [6, 6.07) is 14.8. The van der Waals surface area contributed by atoms with Crippen LogP contribution in [0.3, 0.4) is 0 Å². The molecule has 4 amide bonds. The second-order valence-electron chi connectivity index (χ2n) is 15.6. The zero-order chi connectivity index (χ0) is 42.2. The van der Waals surface area contributed by atoms with Crippen LogP contribution in [0.1, 0.15) is 63.3 Å². The van der Waals surface area contributed by atoms with Crippen LogP contribution in [0.4, 0.5) is 35.9 Å². The number of nitrogens with one attached hydrogen (secondary N) is 3. The Morgan fingerprint density at radius 2 is 1.76 bits per heavy atom. The Morgan fingerprint density at radius 1 is 1.03 bits per heavy atom. The Kier molecular flexibility index (Phi) is 11.6. The molecule has 3 atom stereocenters. The second kappa shape index (κ2) is 16.5. The van der Waals surface area contributed by atoms with Crippen LogP contribution in [-0.4, -0.2) is 100.0 Å². The third-order valence-corrected chi connectivity index (χ3v) is 11.7. The molecule has 6 heterocycles. The second-order valence-corrected chi connectivity index (χ2v) is 16.0. The number of carbonyl (C=O) groups is 4. The van der Waals surface area contributed by atoms with Crippen LogP contribution in [0, 0.1) is 11.3 Å². The molecule has 59 heavy (non-hydrogen) atoms. The fourth-order valence-corrected chi connectivity index (χ4v) is 8.83. The van der Waals surface area contributed by atoms with Gasteiger partial charge in [-0.05, 0) is 99.8 Å². The molecule has 0 radical (unpaired) electrons. The highest BCUT2D eigenvalue weighted by atomic mass is 32.1. The number of nitriles is 1. The normalized spacial score (nSPS) is 22.0. The van der Waals surface area contributed by atoms with Crippen LogP contribution in [0.15, 0.2) is 54.7 Å². The van der Waals surface area contributed by atoms with Crippen molar-refractivity contribution >= 4 is 63.7 Å². The molecule has 5 saturated heterocycles. The molecule has 5 aliphatic rings. The van der Waals surface area contributed by atoms with Crippen molar-refractivity contribution in [3.8, 4) is 11.8 Å². The highest BCUT2D eigenvalue weighted by molar-refractivity contribution is 7.81. The molecular formula is C41H44F3N9O5S. The van der Waals surface area contributed by atoms with E-state index in [-0.39, 0.29) is 53.6 Å². The highest BCUT2D eigenvalue weighted by Gasteiger charge is 2.51. The quantitative estimate of drug-likeness (QED) is 0.169. The molecule has 5 fully saturated rings. The Hall–Kier alpha value is -5.64. The summed E-state index contributed by atoms with van der Waals surface area (Å²) in [6.45, 7) is 8.17. The number of hydrogen-bond acceptors (Lipinski definition) is 11. The molecule has 3 N–H and O–H groups in total. The summed E-state index contributed by atoms with van der Waals surface area (Å²) < 4.78 is 47.6. The zero-order valence-corrected chi connectivity index (χ0v) is 33.6. The van der Waals surface area contributed by atoms with Gasteiger partial charge in [0.2, 0.25) is 17.7 Å². The predicted octanol–water partition coefficient (Wildman–Crippen LogP) is 4.83. The first-order valence-corrected chi connectivity index (χ1v) is 19.9. The van der Waals surface area contributed by atoms with Crippen molar-refractivity contribution in [2.75, 3.05) is 53.2 Å². The molecule has 1 aromatic heterocycles. The van der Waals surface area contributed by atoms with Crippen LogP contribution in [-0.2, 0) is 31.8 Å². The zero-order valence-electron chi connectivity index (χ0n) is 32.8. The maximum absolute atomic E-state index is 13.8. The first kappa shape index (κ1) is 41.5. The molecule has 310 valence electrons. The Morgan fingerprint density at radius 3 is 2.44 bits per heavy atom. The van der Waals surface area contributed by atoms with Gasteiger partial charge in [-0.15, -0.1) is 0 Å². The van der Waals surface area contributed by atoms with E-state index in [1.807, 2.05) is 25.1 Å². The summed E-state index contributed by atoms with van der Waals surface area (Å²) >= 11 is 5.70. The lowest BCUT2D eigenvalue weighted by Gasteiger charge is -2.51. The molecule has 0 aliphatic carbocycles. The number of thiocarbonyl (C=S) groups is 1. The van der Waals surface area contributed by atoms with E-state index in [2.05, 4.69) is 30.7 Å². The number of anilines is 4. The number of fused-ring (bicyclic) bond motifs is 3. The minimum Gasteiger partial charge on any atom is -0.492 e. The lowest BCUT2D eigenvalue weighted by Crippen LogP contribution is -2.63.